The molecule has 0 atom stereocenters. The Hall–Kier alpha value is -0.300. The molecule has 0 aromatic carbocycles. The molecule has 0 radical (unpaired) electrons. The Bertz CT molecular complexity index is 174. The highest BCUT2D eigenvalue weighted by Gasteiger charge is 1.93. The predicted octanol–water partition coefficient (Wildman–Crippen LogP) is 5.89. The molecule has 0 amide bonds. The van der Waals surface area contributed by atoms with Crippen LogP contribution in [0, 0.1) is 0 Å². The molecule has 0 spiro atoms. The highest BCUT2D eigenvalue weighted by atomic mass is 16.5. The van der Waals surface area contributed by atoms with E-state index in [1.807, 2.05) is 6.92 Å². The lowest BCUT2D eigenvalue weighted by Gasteiger charge is -2.04. The molecular weight excluding hydrogens is 220 g/mol. The lowest BCUT2D eigenvalue weighted by molar-refractivity contribution is 0.151. The number of ether oxygens (including phenoxy) is 1. The summed E-state index contributed by atoms with van der Waals surface area (Å²) in [5.41, 5.74) is 1.12. The smallest absolute Gasteiger partial charge is 0.0671 e. The summed E-state index contributed by atoms with van der Waals surface area (Å²) >= 11 is 0. The second-order valence-corrected chi connectivity index (χ2v) is 5.55. The van der Waals surface area contributed by atoms with Crippen LogP contribution in [0.4, 0.5) is 0 Å². The molecule has 1 nitrogen and oxygen atoms in total. The van der Waals surface area contributed by atoms with Gasteiger partial charge in [0.1, 0.15) is 0 Å². The average molecular weight is 254 g/mol. The maximum Gasteiger partial charge on any atom is 0.0671 e. The lowest BCUT2D eigenvalue weighted by atomic mass is 10.1. The normalized spacial score (nSPS) is 10.8. The van der Waals surface area contributed by atoms with E-state index in [9.17, 15) is 0 Å². The van der Waals surface area contributed by atoms with Crippen LogP contribution in [-0.2, 0) is 4.74 Å². The zero-order valence-electron chi connectivity index (χ0n) is 12.8. The largest absolute Gasteiger partial charge is 0.377 e. The zero-order valence-corrected chi connectivity index (χ0v) is 12.8. The van der Waals surface area contributed by atoms with Crippen LogP contribution in [0.3, 0.4) is 0 Å². The standard InChI is InChI=1S/C17H34O/c1-4-5-6-7-8-9-10-11-12-13-14-15-18-16-17(2)3/h2,4-16H2,1,3H3. The molecule has 108 valence electrons. The summed E-state index contributed by atoms with van der Waals surface area (Å²) in [5.74, 6) is 0. The van der Waals surface area contributed by atoms with Crippen LogP contribution in [0.25, 0.3) is 0 Å². The minimum absolute atomic E-state index is 0.734. The Labute approximate surface area is 115 Å². The van der Waals surface area contributed by atoms with E-state index in [-0.39, 0.29) is 0 Å². The van der Waals surface area contributed by atoms with Crippen molar-refractivity contribution in [3.8, 4) is 0 Å². The maximum atomic E-state index is 5.48. The third kappa shape index (κ3) is 15.7. The molecule has 0 fully saturated rings. The monoisotopic (exact) mass is 254 g/mol. The van der Waals surface area contributed by atoms with Crippen molar-refractivity contribution in [2.75, 3.05) is 13.2 Å². The number of hydrogen-bond donors (Lipinski definition) is 0. The van der Waals surface area contributed by atoms with Crippen LogP contribution in [-0.4, -0.2) is 13.2 Å². The van der Waals surface area contributed by atoms with Crippen molar-refractivity contribution in [3.05, 3.63) is 12.2 Å². The van der Waals surface area contributed by atoms with Gasteiger partial charge >= 0.3 is 0 Å². The maximum absolute atomic E-state index is 5.48. The molecule has 0 aliphatic rings. The third-order valence-corrected chi connectivity index (χ3v) is 3.24. The van der Waals surface area contributed by atoms with Crippen molar-refractivity contribution in [2.24, 2.45) is 0 Å². The molecule has 0 aliphatic carbocycles. The fourth-order valence-corrected chi connectivity index (χ4v) is 2.11. The fraction of sp³-hybridized carbons (Fsp3) is 0.882. The van der Waals surface area contributed by atoms with Crippen molar-refractivity contribution >= 4 is 0 Å². The first kappa shape index (κ1) is 17.7. The van der Waals surface area contributed by atoms with Crippen LogP contribution in [0.5, 0.6) is 0 Å². The van der Waals surface area contributed by atoms with E-state index >= 15 is 0 Å². The van der Waals surface area contributed by atoms with Crippen molar-refractivity contribution in [3.63, 3.8) is 0 Å². The summed E-state index contributed by atoms with van der Waals surface area (Å²) in [6, 6.07) is 0. The molecule has 1 heteroatoms. The Morgan fingerprint density at radius 3 is 1.67 bits per heavy atom. The molecule has 0 unspecified atom stereocenters. The summed E-state index contributed by atoms with van der Waals surface area (Å²) in [6.45, 7) is 9.76. The van der Waals surface area contributed by atoms with Gasteiger partial charge in [-0.2, -0.15) is 0 Å². The topological polar surface area (TPSA) is 9.23 Å². The van der Waals surface area contributed by atoms with Gasteiger partial charge in [-0.05, 0) is 13.3 Å². The molecule has 0 saturated heterocycles. The molecule has 0 rings (SSSR count). The quantitative estimate of drug-likeness (QED) is 0.277. The van der Waals surface area contributed by atoms with Gasteiger partial charge in [0, 0.05) is 6.61 Å². The predicted molar refractivity (Wildman–Crippen MR) is 82.1 cm³/mol. The minimum Gasteiger partial charge on any atom is -0.377 e. The average Bonchev–Trinajstić information content (AvgIpc) is 2.34. The Kier molecular flexibility index (Phi) is 14.5. The summed E-state index contributed by atoms with van der Waals surface area (Å²) < 4.78 is 5.48. The summed E-state index contributed by atoms with van der Waals surface area (Å²) in [6.07, 6.45) is 15.3. The SMILES string of the molecule is C=C(C)COCCCCCCCCCCCCC. The van der Waals surface area contributed by atoms with E-state index in [4.69, 9.17) is 4.74 Å². The van der Waals surface area contributed by atoms with Gasteiger partial charge in [-0.3, -0.25) is 0 Å². The van der Waals surface area contributed by atoms with Crippen LogP contribution < -0.4 is 0 Å². The Morgan fingerprint density at radius 1 is 0.778 bits per heavy atom. The summed E-state index contributed by atoms with van der Waals surface area (Å²) in [7, 11) is 0. The number of unbranched alkanes of at least 4 members (excludes halogenated alkanes) is 10. The molecule has 0 aromatic rings. The van der Waals surface area contributed by atoms with Gasteiger partial charge in [0.05, 0.1) is 6.61 Å². The molecule has 18 heavy (non-hydrogen) atoms. The van der Waals surface area contributed by atoms with Gasteiger partial charge in [0.15, 0.2) is 0 Å². The zero-order chi connectivity index (χ0) is 13.5. The van der Waals surface area contributed by atoms with E-state index in [0.29, 0.717) is 0 Å². The summed E-state index contributed by atoms with van der Waals surface area (Å²) in [5, 5.41) is 0. The first-order valence-electron chi connectivity index (χ1n) is 7.99. The first-order chi connectivity index (χ1) is 8.77. The van der Waals surface area contributed by atoms with Gasteiger partial charge in [0.2, 0.25) is 0 Å². The van der Waals surface area contributed by atoms with Gasteiger partial charge in [-0.15, -0.1) is 0 Å². The Morgan fingerprint density at radius 2 is 1.22 bits per heavy atom. The summed E-state index contributed by atoms with van der Waals surface area (Å²) in [4.78, 5) is 0. The lowest BCUT2D eigenvalue weighted by Crippen LogP contribution is -1.97. The van der Waals surface area contributed by atoms with Crippen LogP contribution in [0.1, 0.15) is 84.5 Å². The van der Waals surface area contributed by atoms with Crippen LogP contribution >= 0.6 is 0 Å². The van der Waals surface area contributed by atoms with Gasteiger partial charge < -0.3 is 4.74 Å². The third-order valence-electron chi connectivity index (χ3n) is 3.24. The highest BCUT2D eigenvalue weighted by Crippen LogP contribution is 2.11. The van der Waals surface area contributed by atoms with Crippen molar-refractivity contribution < 1.29 is 4.74 Å². The molecule has 0 heterocycles. The first-order valence-corrected chi connectivity index (χ1v) is 7.99. The van der Waals surface area contributed by atoms with Gasteiger partial charge in [-0.25, -0.2) is 0 Å². The fourth-order valence-electron chi connectivity index (χ4n) is 2.11. The van der Waals surface area contributed by atoms with E-state index in [2.05, 4.69) is 13.5 Å². The van der Waals surface area contributed by atoms with E-state index in [0.717, 1.165) is 18.8 Å². The van der Waals surface area contributed by atoms with E-state index in [1.165, 1.54) is 70.6 Å². The molecule has 0 aromatic heterocycles. The molecule has 0 saturated carbocycles. The Balaban J connectivity index is 2.92. The number of hydrogen-bond acceptors (Lipinski definition) is 1. The van der Waals surface area contributed by atoms with Crippen molar-refractivity contribution in [1.82, 2.24) is 0 Å². The van der Waals surface area contributed by atoms with E-state index < -0.39 is 0 Å². The second-order valence-electron chi connectivity index (χ2n) is 5.55. The molecule has 0 bridgehead atoms. The highest BCUT2D eigenvalue weighted by molar-refractivity contribution is 4.87. The van der Waals surface area contributed by atoms with Crippen LogP contribution in [0.15, 0.2) is 12.2 Å². The van der Waals surface area contributed by atoms with Crippen molar-refractivity contribution in [1.29, 1.82) is 0 Å². The minimum atomic E-state index is 0.734. The number of rotatable bonds is 14. The molecule has 0 N–H and O–H groups in total. The van der Waals surface area contributed by atoms with Gasteiger partial charge in [0.25, 0.3) is 0 Å². The molecule has 0 aliphatic heterocycles. The van der Waals surface area contributed by atoms with Gasteiger partial charge in [-0.1, -0.05) is 83.3 Å². The second kappa shape index (κ2) is 14.8. The molecular formula is C17H34O. The van der Waals surface area contributed by atoms with Crippen LogP contribution in [0.2, 0.25) is 0 Å². The van der Waals surface area contributed by atoms with Crippen molar-refractivity contribution in [2.45, 2.75) is 84.5 Å². The van der Waals surface area contributed by atoms with E-state index in [1.54, 1.807) is 0 Å².